The van der Waals surface area contributed by atoms with Crippen LogP contribution in [0.4, 0.5) is 0 Å². The summed E-state index contributed by atoms with van der Waals surface area (Å²) >= 11 is 1.78. The lowest BCUT2D eigenvalue weighted by Crippen LogP contribution is -2.40. The van der Waals surface area contributed by atoms with Crippen molar-refractivity contribution in [1.29, 1.82) is 0 Å². The summed E-state index contributed by atoms with van der Waals surface area (Å²) in [6.45, 7) is 4.27. The molecule has 0 aromatic rings. The zero-order valence-corrected chi connectivity index (χ0v) is 14.6. The zero-order valence-electron chi connectivity index (χ0n) is 11.4. The first-order valence-corrected chi connectivity index (χ1v) is 7.34. The molecule has 0 bridgehead atoms. The molecule has 0 saturated carbocycles. The first-order valence-electron chi connectivity index (χ1n) is 5.94. The topological polar surface area (TPSA) is 65.5 Å². The highest BCUT2D eigenvalue weighted by Gasteiger charge is 2.01. The minimum atomic E-state index is 0. The maximum atomic E-state index is 11.3. The van der Waals surface area contributed by atoms with E-state index in [-0.39, 0.29) is 29.9 Å². The Morgan fingerprint density at radius 3 is 2.39 bits per heavy atom. The number of hydrogen-bond donors (Lipinski definition) is 3. The van der Waals surface area contributed by atoms with Crippen LogP contribution in [0.15, 0.2) is 4.99 Å². The Balaban J connectivity index is 0. The molecular formula is C11H25IN4OS. The largest absolute Gasteiger partial charge is 0.356 e. The van der Waals surface area contributed by atoms with Crippen LogP contribution in [0.5, 0.6) is 0 Å². The molecular weight excluding hydrogens is 363 g/mol. The number of thioether (sulfide) groups is 1. The monoisotopic (exact) mass is 388 g/mol. The van der Waals surface area contributed by atoms with Crippen molar-refractivity contribution >= 4 is 47.6 Å². The lowest BCUT2D eigenvalue weighted by atomic mass is 10.4. The van der Waals surface area contributed by atoms with Gasteiger partial charge in [-0.2, -0.15) is 11.8 Å². The van der Waals surface area contributed by atoms with Crippen molar-refractivity contribution in [2.45, 2.75) is 19.8 Å². The highest BCUT2D eigenvalue weighted by molar-refractivity contribution is 14.0. The Bertz CT molecular complexity index is 239. The summed E-state index contributed by atoms with van der Waals surface area (Å²) < 4.78 is 0. The van der Waals surface area contributed by atoms with Gasteiger partial charge in [-0.15, -0.1) is 24.0 Å². The van der Waals surface area contributed by atoms with Crippen LogP contribution in [0.1, 0.15) is 19.8 Å². The Kier molecular flexibility index (Phi) is 16.7. The predicted octanol–water partition coefficient (Wildman–Crippen LogP) is 1.05. The number of hydrogen-bond acceptors (Lipinski definition) is 3. The van der Waals surface area contributed by atoms with Crippen molar-refractivity contribution in [3.8, 4) is 0 Å². The molecule has 7 heteroatoms. The van der Waals surface area contributed by atoms with E-state index in [2.05, 4.69) is 27.2 Å². The fourth-order valence-corrected chi connectivity index (χ4v) is 1.45. The van der Waals surface area contributed by atoms with Crippen LogP contribution < -0.4 is 16.0 Å². The third kappa shape index (κ3) is 12.3. The second-order valence-electron chi connectivity index (χ2n) is 3.52. The third-order valence-corrected chi connectivity index (χ3v) is 2.65. The summed E-state index contributed by atoms with van der Waals surface area (Å²) in [6.07, 6.45) is 3.51. The number of nitrogens with one attached hydrogen (secondary N) is 3. The second kappa shape index (κ2) is 14.9. The number of guanidine groups is 1. The van der Waals surface area contributed by atoms with Crippen LogP contribution in [0.25, 0.3) is 0 Å². The number of nitrogens with zero attached hydrogens (tertiary/aromatic N) is 1. The second-order valence-corrected chi connectivity index (χ2v) is 4.50. The van der Waals surface area contributed by atoms with Crippen molar-refractivity contribution in [3.05, 3.63) is 0 Å². The molecule has 0 fully saturated rings. The standard InChI is InChI=1S/C11H24N4OS.HI/c1-4-6-13-10(16)5-7-14-11(12-2)15-8-9-17-3;/h4-9H2,1-3H3,(H,13,16)(H2,12,14,15);1H. The van der Waals surface area contributed by atoms with Crippen molar-refractivity contribution in [1.82, 2.24) is 16.0 Å². The van der Waals surface area contributed by atoms with E-state index < -0.39 is 0 Å². The van der Waals surface area contributed by atoms with E-state index in [9.17, 15) is 4.79 Å². The molecule has 0 radical (unpaired) electrons. The normalized spacial score (nSPS) is 10.5. The van der Waals surface area contributed by atoms with Crippen molar-refractivity contribution < 1.29 is 4.79 Å². The number of amides is 1. The van der Waals surface area contributed by atoms with Gasteiger partial charge in [0.05, 0.1) is 0 Å². The fraction of sp³-hybridized carbons (Fsp3) is 0.818. The molecule has 18 heavy (non-hydrogen) atoms. The Labute approximate surface area is 131 Å². The summed E-state index contributed by atoms with van der Waals surface area (Å²) in [7, 11) is 1.73. The molecule has 0 aliphatic heterocycles. The van der Waals surface area contributed by atoms with Gasteiger partial charge in [-0.05, 0) is 12.7 Å². The smallest absolute Gasteiger partial charge is 0.221 e. The van der Waals surface area contributed by atoms with E-state index in [0.717, 1.165) is 31.2 Å². The molecule has 0 heterocycles. The summed E-state index contributed by atoms with van der Waals surface area (Å²) in [4.78, 5) is 15.4. The highest BCUT2D eigenvalue weighted by atomic mass is 127. The molecule has 0 aromatic carbocycles. The van der Waals surface area contributed by atoms with Gasteiger partial charge in [-0.25, -0.2) is 0 Å². The number of halogens is 1. The minimum Gasteiger partial charge on any atom is -0.356 e. The predicted molar refractivity (Wildman–Crippen MR) is 91.1 cm³/mol. The molecule has 0 aliphatic rings. The molecule has 0 atom stereocenters. The van der Waals surface area contributed by atoms with Crippen LogP contribution in [0, 0.1) is 0 Å². The molecule has 108 valence electrons. The van der Waals surface area contributed by atoms with Crippen molar-refractivity contribution in [3.63, 3.8) is 0 Å². The third-order valence-electron chi connectivity index (χ3n) is 2.04. The van der Waals surface area contributed by atoms with E-state index in [0.29, 0.717) is 13.0 Å². The molecule has 0 aromatic heterocycles. The van der Waals surface area contributed by atoms with Crippen LogP contribution >= 0.6 is 35.7 Å². The lowest BCUT2D eigenvalue weighted by molar-refractivity contribution is -0.120. The fourth-order valence-electron chi connectivity index (χ4n) is 1.14. The molecule has 0 rings (SSSR count). The van der Waals surface area contributed by atoms with E-state index in [1.165, 1.54) is 0 Å². The maximum absolute atomic E-state index is 11.3. The molecule has 1 amide bonds. The molecule has 0 spiro atoms. The molecule has 0 unspecified atom stereocenters. The van der Waals surface area contributed by atoms with Crippen molar-refractivity contribution in [2.75, 3.05) is 38.7 Å². The van der Waals surface area contributed by atoms with Gasteiger partial charge < -0.3 is 16.0 Å². The molecule has 5 nitrogen and oxygen atoms in total. The van der Waals surface area contributed by atoms with Gasteiger partial charge in [0.1, 0.15) is 0 Å². The number of carbonyl (C=O) groups is 1. The first kappa shape index (κ1) is 20.1. The Morgan fingerprint density at radius 2 is 1.83 bits per heavy atom. The van der Waals surface area contributed by atoms with E-state index in [4.69, 9.17) is 0 Å². The van der Waals surface area contributed by atoms with Crippen molar-refractivity contribution in [2.24, 2.45) is 4.99 Å². The van der Waals surface area contributed by atoms with Gasteiger partial charge in [-0.3, -0.25) is 9.79 Å². The van der Waals surface area contributed by atoms with Gasteiger partial charge in [0.2, 0.25) is 5.91 Å². The number of aliphatic imine (C=N–C) groups is 1. The van der Waals surface area contributed by atoms with Gasteiger partial charge in [0.15, 0.2) is 5.96 Å². The van der Waals surface area contributed by atoms with E-state index in [1.54, 1.807) is 18.8 Å². The summed E-state index contributed by atoms with van der Waals surface area (Å²) in [5.74, 6) is 1.87. The van der Waals surface area contributed by atoms with Gasteiger partial charge in [0, 0.05) is 38.9 Å². The SMILES string of the molecule is CCCNC(=O)CCNC(=NC)NCCSC.I. The van der Waals surface area contributed by atoms with Crippen LogP contribution in [0.3, 0.4) is 0 Å². The average Bonchev–Trinajstić information content (AvgIpc) is 2.34. The number of rotatable bonds is 8. The molecule has 0 aliphatic carbocycles. The Morgan fingerprint density at radius 1 is 1.17 bits per heavy atom. The molecule has 3 N–H and O–H groups in total. The molecule has 0 saturated heterocycles. The average molecular weight is 388 g/mol. The van der Waals surface area contributed by atoms with Gasteiger partial charge in [-0.1, -0.05) is 6.92 Å². The van der Waals surface area contributed by atoms with Gasteiger partial charge in [0.25, 0.3) is 0 Å². The minimum absolute atomic E-state index is 0. The summed E-state index contributed by atoms with van der Waals surface area (Å²) in [6, 6.07) is 0. The van der Waals surface area contributed by atoms with Crippen LogP contribution in [-0.2, 0) is 4.79 Å². The quantitative estimate of drug-likeness (QED) is 0.252. The van der Waals surface area contributed by atoms with E-state index >= 15 is 0 Å². The highest BCUT2D eigenvalue weighted by Crippen LogP contribution is 1.87. The number of carbonyl (C=O) groups excluding carboxylic acids is 1. The Hall–Kier alpha value is -0.180. The summed E-state index contributed by atoms with van der Waals surface area (Å²) in [5.41, 5.74) is 0. The van der Waals surface area contributed by atoms with Gasteiger partial charge >= 0.3 is 0 Å². The van der Waals surface area contributed by atoms with Crippen LogP contribution in [0.2, 0.25) is 0 Å². The first-order chi connectivity index (χ1) is 8.24. The van der Waals surface area contributed by atoms with Crippen LogP contribution in [-0.4, -0.2) is 50.6 Å². The van der Waals surface area contributed by atoms with E-state index in [1.807, 2.05) is 6.92 Å². The lowest BCUT2D eigenvalue weighted by Gasteiger charge is -2.11. The summed E-state index contributed by atoms with van der Waals surface area (Å²) in [5, 5.41) is 9.11. The zero-order chi connectivity index (χ0) is 12.9. The maximum Gasteiger partial charge on any atom is 0.221 e.